The molecular weight excluding hydrogens is 350 g/mol. The quantitative estimate of drug-likeness (QED) is 0.705. The molecule has 5 nitrogen and oxygen atoms in total. The van der Waals surface area contributed by atoms with Crippen LogP contribution < -0.4 is 4.74 Å². The zero-order chi connectivity index (χ0) is 17.7. The van der Waals surface area contributed by atoms with Gasteiger partial charge in [-0.1, -0.05) is 29.8 Å². The molecule has 0 aliphatic heterocycles. The lowest BCUT2D eigenvalue weighted by molar-refractivity contribution is 0.101. The van der Waals surface area contributed by atoms with Gasteiger partial charge in [0, 0.05) is 24.2 Å². The first-order chi connectivity index (χ1) is 11.3. The van der Waals surface area contributed by atoms with E-state index in [0.29, 0.717) is 16.3 Å². The molecule has 2 aromatic carbocycles. The molecule has 0 unspecified atom stereocenters. The fourth-order valence-corrected chi connectivity index (χ4v) is 3.35. The van der Waals surface area contributed by atoms with Crippen LogP contribution in [0.5, 0.6) is 5.75 Å². The van der Waals surface area contributed by atoms with Crippen LogP contribution in [-0.2, 0) is 10.0 Å². The predicted molar refractivity (Wildman–Crippen MR) is 93.2 cm³/mol. The summed E-state index contributed by atoms with van der Waals surface area (Å²) in [6, 6.07) is 12.8. The highest BCUT2D eigenvalue weighted by Gasteiger charge is 2.20. The van der Waals surface area contributed by atoms with Gasteiger partial charge < -0.3 is 4.74 Å². The number of halogens is 1. The number of sulfonamides is 1. The van der Waals surface area contributed by atoms with Crippen LogP contribution in [0.2, 0.25) is 5.02 Å². The van der Waals surface area contributed by atoms with E-state index < -0.39 is 10.0 Å². The number of rotatable bonds is 7. The zero-order valence-electron chi connectivity index (χ0n) is 13.4. The van der Waals surface area contributed by atoms with E-state index in [1.54, 1.807) is 24.3 Å². The van der Waals surface area contributed by atoms with Gasteiger partial charge in [-0.2, -0.15) is 4.31 Å². The van der Waals surface area contributed by atoms with Crippen molar-refractivity contribution in [3.63, 3.8) is 0 Å². The first kappa shape index (κ1) is 18.4. The lowest BCUT2D eigenvalue weighted by atomic mass is 10.2. The normalized spacial score (nSPS) is 11.5. The van der Waals surface area contributed by atoms with E-state index in [2.05, 4.69) is 0 Å². The number of ketones is 1. The summed E-state index contributed by atoms with van der Waals surface area (Å²) in [5.74, 6) is 0.473. The summed E-state index contributed by atoms with van der Waals surface area (Å²) in [7, 11) is -2.15. The molecule has 2 rings (SSSR count). The summed E-state index contributed by atoms with van der Waals surface area (Å²) in [6.45, 7) is 1.81. The molecule has 0 heterocycles. The zero-order valence-corrected chi connectivity index (χ0v) is 15.0. The van der Waals surface area contributed by atoms with Crippen LogP contribution in [-0.4, -0.2) is 38.7 Å². The number of carbonyl (C=O) groups is 1. The molecule has 0 aromatic heterocycles. The van der Waals surface area contributed by atoms with E-state index in [4.69, 9.17) is 16.3 Å². The topological polar surface area (TPSA) is 63.7 Å². The van der Waals surface area contributed by atoms with Crippen LogP contribution in [0.3, 0.4) is 0 Å². The number of hydrogen-bond donors (Lipinski definition) is 0. The van der Waals surface area contributed by atoms with Gasteiger partial charge in [0.25, 0.3) is 0 Å². The second kappa shape index (κ2) is 7.79. The first-order valence-corrected chi connectivity index (χ1v) is 9.08. The average Bonchev–Trinajstić information content (AvgIpc) is 2.55. The maximum atomic E-state index is 12.5. The second-order valence-electron chi connectivity index (χ2n) is 5.21. The molecule has 0 saturated heterocycles. The third-order valence-electron chi connectivity index (χ3n) is 3.44. The van der Waals surface area contributed by atoms with E-state index in [-0.39, 0.29) is 23.8 Å². The first-order valence-electron chi connectivity index (χ1n) is 7.26. The summed E-state index contributed by atoms with van der Waals surface area (Å²) >= 11 is 5.86. The largest absolute Gasteiger partial charge is 0.492 e. The van der Waals surface area contributed by atoms with E-state index in [0.717, 1.165) is 0 Å². The van der Waals surface area contributed by atoms with Gasteiger partial charge in [-0.3, -0.25) is 4.79 Å². The lowest BCUT2D eigenvalue weighted by Crippen LogP contribution is -2.31. The number of benzene rings is 2. The van der Waals surface area contributed by atoms with Crippen LogP contribution in [0, 0.1) is 0 Å². The van der Waals surface area contributed by atoms with Crippen LogP contribution >= 0.6 is 11.6 Å². The molecule has 0 fully saturated rings. The summed E-state index contributed by atoms with van der Waals surface area (Å²) in [5, 5.41) is 0.555. The Labute approximate surface area is 146 Å². The van der Waals surface area contributed by atoms with Gasteiger partial charge in [-0.15, -0.1) is 0 Å². The van der Waals surface area contributed by atoms with E-state index in [1.165, 1.54) is 42.5 Å². The van der Waals surface area contributed by atoms with Crippen LogP contribution in [0.1, 0.15) is 17.3 Å². The highest BCUT2D eigenvalue weighted by atomic mass is 35.5. The molecule has 0 aliphatic carbocycles. The van der Waals surface area contributed by atoms with Crippen molar-refractivity contribution < 1.29 is 17.9 Å². The van der Waals surface area contributed by atoms with Crippen molar-refractivity contribution in [3.8, 4) is 5.75 Å². The minimum atomic E-state index is -3.63. The molecule has 0 N–H and O–H groups in total. The molecule has 0 atom stereocenters. The number of Topliss-reactive ketones (excluding diaryl/α,β-unsaturated/α-hetero) is 1. The Balaban J connectivity index is 1.99. The molecule has 128 valence electrons. The van der Waals surface area contributed by atoms with Crippen molar-refractivity contribution in [1.82, 2.24) is 4.31 Å². The van der Waals surface area contributed by atoms with Crippen molar-refractivity contribution >= 4 is 27.4 Å². The highest BCUT2D eigenvalue weighted by Crippen LogP contribution is 2.18. The Hall–Kier alpha value is -1.89. The Bertz CT molecular complexity index is 819. The van der Waals surface area contributed by atoms with Crippen molar-refractivity contribution in [1.29, 1.82) is 0 Å². The molecule has 0 spiro atoms. The third-order valence-corrected chi connectivity index (χ3v) is 5.55. The van der Waals surface area contributed by atoms with Crippen molar-refractivity contribution in [2.24, 2.45) is 0 Å². The summed E-state index contributed by atoms with van der Waals surface area (Å²) in [4.78, 5) is 11.4. The van der Waals surface area contributed by atoms with E-state index >= 15 is 0 Å². The van der Waals surface area contributed by atoms with Gasteiger partial charge in [0.05, 0.1) is 4.90 Å². The molecule has 7 heteroatoms. The van der Waals surface area contributed by atoms with Crippen LogP contribution in [0.4, 0.5) is 0 Å². The number of ether oxygens (including phenoxy) is 1. The van der Waals surface area contributed by atoms with Crippen molar-refractivity contribution in [3.05, 3.63) is 59.1 Å². The maximum Gasteiger partial charge on any atom is 0.242 e. The molecule has 0 bridgehead atoms. The molecule has 2 aromatic rings. The molecular formula is C17H18ClNO4S. The highest BCUT2D eigenvalue weighted by molar-refractivity contribution is 7.89. The van der Waals surface area contributed by atoms with E-state index in [9.17, 15) is 13.2 Å². The minimum Gasteiger partial charge on any atom is -0.492 e. The Morgan fingerprint density at radius 1 is 1.17 bits per heavy atom. The molecule has 0 radical (unpaired) electrons. The van der Waals surface area contributed by atoms with Gasteiger partial charge >= 0.3 is 0 Å². The maximum absolute atomic E-state index is 12.5. The number of carbonyl (C=O) groups excluding carboxylic acids is 1. The fraction of sp³-hybridized carbons (Fsp3) is 0.235. The number of likely N-dealkylation sites (N-methyl/N-ethyl adjacent to an activating group) is 1. The number of hydrogen-bond acceptors (Lipinski definition) is 4. The summed E-state index contributed by atoms with van der Waals surface area (Å²) < 4.78 is 31.7. The molecule has 24 heavy (non-hydrogen) atoms. The predicted octanol–water partition coefficient (Wildman–Crippen LogP) is 3.24. The Morgan fingerprint density at radius 2 is 1.83 bits per heavy atom. The van der Waals surface area contributed by atoms with Crippen molar-refractivity contribution in [2.75, 3.05) is 20.2 Å². The molecule has 0 aliphatic rings. The SMILES string of the molecule is CC(=O)c1ccc(S(=O)(=O)N(C)CCOc2cccc(Cl)c2)cc1. The second-order valence-corrected chi connectivity index (χ2v) is 7.69. The monoisotopic (exact) mass is 367 g/mol. The van der Waals surface area contributed by atoms with Gasteiger partial charge in [-0.25, -0.2) is 8.42 Å². The third kappa shape index (κ3) is 4.56. The Kier molecular flexibility index (Phi) is 5.99. The van der Waals surface area contributed by atoms with Gasteiger partial charge in [0.1, 0.15) is 12.4 Å². The van der Waals surface area contributed by atoms with Gasteiger partial charge in [-0.05, 0) is 37.3 Å². The summed E-state index contributed by atoms with van der Waals surface area (Å²) in [6.07, 6.45) is 0. The molecule has 0 amide bonds. The van der Waals surface area contributed by atoms with Gasteiger partial charge in [0.15, 0.2) is 5.78 Å². The minimum absolute atomic E-state index is 0.109. The van der Waals surface area contributed by atoms with Crippen LogP contribution in [0.25, 0.3) is 0 Å². The van der Waals surface area contributed by atoms with Crippen molar-refractivity contribution in [2.45, 2.75) is 11.8 Å². The molecule has 0 saturated carbocycles. The summed E-state index contributed by atoms with van der Waals surface area (Å²) in [5.41, 5.74) is 0.473. The lowest BCUT2D eigenvalue weighted by Gasteiger charge is -2.17. The Morgan fingerprint density at radius 3 is 2.42 bits per heavy atom. The van der Waals surface area contributed by atoms with Gasteiger partial charge in [0.2, 0.25) is 10.0 Å². The average molecular weight is 368 g/mol. The smallest absolute Gasteiger partial charge is 0.242 e. The van der Waals surface area contributed by atoms with Crippen LogP contribution in [0.15, 0.2) is 53.4 Å². The van der Waals surface area contributed by atoms with E-state index in [1.807, 2.05) is 0 Å². The number of nitrogens with zero attached hydrogens (tertiary/aromatic N) is 1. The fourth-order valence-electron chi connectivity index (χ4n) is 2.01. The standard InChI is InChI=1S/C17H18ClNO4S/c1-13(20)14-6-8-17(9-7-14)24(21,22)19(2)10-11-23-16-5-3-4-15(18)12-16/h3-9,12H,10-11H2,1-2H3.